The monoisotopic (exact) mass is 369 g/mol. The Morgan fingerprint density at radius 3 is 2.77 bits per heavy atom. The second-order valence-electron chi connectivity index (χ2n) is 5.96. The summed E-state index contributed by atoms with van der Waals surface area (Å²) >= 11 is 1.75. The van der Waals surface area contributed by atoms with Crippen LogP contribution in [-0.2, 0) is 6.42 Å². The molecule has 0 spiro atoms. The van der Waals surface area contributed by atoms with E-state index in [1.807, 2.05) is 47.0 Å². The fraction of sp³-hybridized carbons (Fsp3) is 0.316. The third-order valence-corrected chi connectivity index (χ3v) is 4.75. The summed E-state index contributed by atoms with van der Waals surface area (Å²) in [5.41, 5.74) is 1.98. The van der Waals surface area contributed by atoms with Gasteiger partial charge in [0.25, 0.3) is 0 Å². The van der Waals surface area contributed by atoms with Crippen molar-refractivity contribution in [3.63, 3.8) is 0 Å². The molecule has 26 heavy (non-hydrogen) atoms. The highest BCUT2D eigenvalue weighted by molar-refractivity contribution is 7.98. The van der Waals surface area contributed by atoms with E-state index in [2.05, 4.69) is 39.2 Å². The molecule has 2 N–H and O–H groups in total. The van der Waals surface area contributed by atoms with Crippen molar-refractivity contribution in [2.45, 2.75) is 18.9 Å². The molecule has 0 saturated heterocycles. The van der Waals surface area contributed by atoms with Crippen molar-refractivity contribution < 1.29 is 4.79 Å². The number of carbonyl (C=O) groups is 1. The Balaban J connectivity index is 1.61. The Labute approximate surface area is 157 Å². The second-order valence-corrected chi connectivity index (χ2v) is 6.94. The lowest BCUT2D eigenvalue weighted by molar-refractivity contribution is 0.236. The minimum atomic E-state index is -0.184. The Morgan fingerprint density at radius 1 is 1.15 bits per heavy atom. The highest BCUT2D eigenvalue weighted by atomic mass is 32.2. The number of carbonyl (C=O) groups excluding carboxylic acids is 1. The summed E-state index contributed by atoms with van der Waals surface area (Å²) in [6.07, 6.45) is 5.57. The zero-order chi connectivity index (χ0) is 18.2. The second kappa shape index (κ2) is 9.24. The quantitative estimate of drug-likeness (QED) is 0.640. The van der Waals surface area contributed by atoms with Crippen molar-refractivity contribution in [1.82, 2.24) is 25.2 Å². The summed E-state index contributed by atoms with van der Waals surface area (Å²) in [4.78, 5) is 12.4. The van der Waals surface area contributed by atoms with Gasteiger partial charge in [-0.3, -0.25) is 4.40 Å². The number of hydrogen-bond acceptors (Lipinski definition) is 4. The lowest BCUT2D eigenvalue weighted by Crippen LogP contribution is -2.39. The SMILES string of the molecule is CSCC[C@@H](NC(=O)NCCc1ccccc1)c1nnc2ccccn12. The zero-order valence-electron chi connectivity index (χ0n) is 14.8. The summed E-state index contributed by atoms with van der Waals surface area (Å²) < 4.78 is 1.93. The number of nitrogens with one attached hydrogen (secondary N) is 2. The largest absolute Gasteiger partial charge is 0.338 e. The molecule has 0 unspecified atom stereocenters. The maximum Gasteiger partial charge on any atom is 0.315 e. The average molecular weight is 369 g/mol. The number of fused-ring (bicyclic) bond motifs is 1. The fourth-order valence-corrected chi connectivity index (χ4v) is 3.24. The van der Waals surface area contributed by atoms with Crippen LogP contribution in [0.1, 0.15) is 23.9 Å². The van der Waals surface area contributed by atoms with Gasteiger partial charge < -0.3 is 10.6 Å². The minimum absolute atomic E-state index is 0.181. The maximum absolute atomic E-state index is 12.4. The van der Waals surface area contributed by atoms with Crippen molar-refractivity contribution in [3.8, 4) is 0 Å². The van der Waals surface area contributed by atoms with Gasteiger partial charge in [0.15, 0.2) is 11.5 Å². The van der Waals surface area contributed by atoms with Gasteiger partial charge in [0.1, 0.15) is 0 Å². The molecule has 2 amide bonds. The number of urea groups is 1. The van der Waals surface area contributed by atoms with E-state index < -0.39 is 0 Å². The van der Waals surface area contributed by atoms with Crippen LogP contribution in [-0.4, -0.2) is 39.2 Å². The molecule has 6 nitrogen and oxygen atoms in total. The molecule has 3 aromatic rings. The topological polar surface area (TPSA) is 71.3 Å². The minimum Gasteiger partial charge on any atom is -0.338 e. The number of hydrogen-bond donors (Lipinski definition) is 2. The van der Waals surface area contributed by atoms with E-state index >= 15 is 0 Å². The van der Waals surface area contributed by atoms with Crippen LogP contribution >= 0.6 is 11.8 Å². The first kappa shape index (κ1) is 18.3. The van der Waals surface area contributed by atoms with Crippen LogP contribution in [0.25, 0.3) is 5.65 Å². The molecular weight excluding hydrogens is 346 g/mol. The average Bonchev–Trinajstić information content (AvgIpc) is 3.10. The summed E-state index contributed by atoms with van der Waals surface area (Å²) in [6.45, 7) is 0.589. The number of thioether (sulfide) groups is 1. The molecular formula is C19H23N5OS. The molecule has 136 valence electrons. The smallest absolute Gasteiger partial charge is 0.315 e. The lowest BCUT2D eigenvalue weighted by Gasteiger charge is -2.17. The number of nitrogens with zero attached hydrogens (tertiary/aromatic N) is 3. The van der Waals surface area contributed by atoms with Crippen LogP contribution in [0, 0.1) is 0 Å². The fourth-order valence-electron chi connectivity index (χ4n) is 2.77. The van der Waals surface area contributed by atoms with Gasteiger partial charge in [0, 0.05) is 12.7 Å². The van der Waals surface area contributed by atoms with Gasteiger partial charge >= 0.3 is 6.03 Å². The van der Waals surface area contributed by atoms with Crippen molar-refractivity contribution in [2.24, 2.45) is 0 Å². The van der Waals surface area contributed by atoms with E-state index in [0.29, 0.717) is 6.54 Å². The molecule has 0 bridgehead atoms. The van der Waals surface area contributed by atoms with Crippen LogP contribution in [0.15, 0.2) is 54.7 Å². The van der Waals surface area contributed by atoms with Gasteiger partial charge in [-0.25, -0.2) is 4.79 Å². The predicted molar refractivity (Wildman–Crippen MR) is 105 cm³/mol. The number of amides is 2. The van der Waals surface area contributed by atoms with Crippen molar-refractivity contribution in [1.29, 1.82) is 0 Å². The van der Waals surface area contributed by atoms with Crippen LogP contribution in [0.3, 0.4) is 0 Å². The first-order chi connectivity index (χ1) is 12.8. The van der Waals surface area contributed by atoms with E-state index in [9.17, 15) is 4.79 Å². The van der Waals surface area contributed by atoms with E-state index in [0.717, 1.165) is 30.1 Å². The van der Waals surface area contributed by atoms with E-state index in [1.165, 1.54) is 5.56 Å². The van der Waals surface area contributed by atoms with Crippen molar-refractivity contribution in [2.75, 3.05) is 18.6 Å². The van der Waals surface area contributed by atoms with Crippen LogP contribution < -0.4 is 10.6 Å². The molecule has 0 radical (unpaired) electrons. The Bertz CT molecular complexity index is 836. The third-order valence-electron chi connectivity index (χ3n) is 4.11. The summed E-state index contributed by atoms with van der Waals surface area (Å²) in [5, 5.41) is 14.5. The standard InChI is InChI=1S/C19H23N5OS/c1-26-14-11-16(18-23-22-17-9-5-6-13-24(17)18)21-19(25)20-12-10-15-7-3-2-4-8-15/h2-9,13,16H,10-12,14H2,1H3,(H2,20,21,25)/t16-/m1/s1. The van der Waals surface area contributed by atoms with E-state index in [-0.39, 0.29) is 12.1 Å². The molecule has 7 heteroatoms. The van der Waals surface area contributed by atoms with Crippen LogP contribution in [0.5, 0.6) is 0 Å². The first-order valence-electron chi connectivity index (χ1n) is 8.65. The molecule has 0 aliphatic rings. The highest BCUT2D eigenvalue weighted by Gasteiger charge is 2.19. The van der Waals surface area contributed by atoms with Crippen LogP contribution in [0.4, 0.5) is 4.79 Å². The molecule has 2 aromatic heterocycles. The summed E-state index contributed by atoms with van der Waals surface area (Å²) in [7, 11) is 0. The van der Waals surface area contributed by atoms with Gasteiger partial charge in [-0.15, -0.1) is 10.2 Å². The molecule has 0 aliphatic heterocycles. The van der Waals surface area contributed by atoms with E-state index in [4.69, 9.17) is 0 Å². The van der Waals surface area contributed by atoms with Crippen molar-refractivity contribution >= 4 is 23.4 Å². The predicted octanol–water partition coefficient (Wildman–Crippen LogP) is 3.07. The Morgan fingerprint density at radius 2 is 1.96 bits per heavy atom. The van der Waals surface area contributed by atoms with Gasteiger partial charge in [-0.2, -0.15) is 11.8 Å². The van der Waals surface area contributed by atoms with Gasteiger partial charge in [-0.1, -0.05) is 36.4 Å². The first-order valence-corrected chi connectivity index (χ1v) is 10.0. The van der Waals surface area contributed by atoms with Crippen LogP contribution in [0.2, 0.25) is 0 Å². The summed E-state index contributed by atoms with van der Waals surface area (Å²) in [5.74, 6) is 1.68. The molecule has 0 saturated carbocycles. The summed E-state index contributed by atoms with van der Waals surface area (Å²) in [6, 6.07) is 15.5. The third kappa shape index (κ3) is 4.76. The number of aromatic nitrogens is 3. The van der Waals surface area contributed by atoms with Crippen molar-refractivity contribution in [3.05, 3.63) is 66.1 Å². The Hall–Kier alpha value is -2.54. The number of benzene rings is 1. The van der Waals surface area contributed by atoms with E-state index in [1.54, 1.807) is 11.8 Å². The maximum atomic E-state index is 12.4. The number of pyridine rings is 1. The lowest BCUT2D eigenvalue weighted by atomic mass is 10.1. The Kier molecular flexibility index (Phi) is 6.49. The molecule has 0 aliphatic carbocycles. The highest BCUT2D eigenvalue weighted by Crippen LogP contribution is 2.18. The van der Waals surface area contributed by atoms with Gasteiger partial charge in [-0.05, 0) is 42.5 Å². The molecule has 1 aromatic carbocycles. The normalized spacial score (nSPS) is 12.0. The molecule has 2 heterocycles. The van der Waals surface area contributed by atoms with Gasteiger partial charge in [0.2, 0.25) is 0 Å². The zero-order valence-corrected chi connectivity index (χ0v) is 15.6. The molecule has 3 rings (SSSR count). The van der Waals surface area contributed by atoms with Gasteiger partial charge in [0.05, 0.1) is 6.04 Å². The molecule has 0 fully saturated rings. The number of rotatable bonds is 8. The molecule has 1 atom stereocenters.